The molecular weight excluding hydrogens is 87.0 g/mol. The highest BCUT2D eigenvalue weighted by Gasteiger charge is 1.94. The van der Waals surface area contributed by atoms with E-state index in [-0.39, 0.29) is 0 Å². The van der Waals surface area contributed by atoms with E-state index in [0.29, 0.717) is 0 Å². The van der Waals surface area contributed by atoms with Gasteiger partial charge in [0.15, 0.2) is 0 Å². The molecule has 0 aromatic heterocycles. The fourth-order valence-corrected chi connectivity index (χ4v) is 0.0962. The Kier molecular flexibility index (Phi) is 2.98. The molecule has 0 saturated carbocycles. The predicted molar refractivity (Wildman–Crippen MR) is 18.9 cm³/mol. The Hall–Kier alpha value is -0.150. The molecule has 38 valence electrons. The first kappa shape index (κ1) is 5.85. The number of hydrogen-bond acceptors (Lipinski definition) is 2. The molecule has 2 nitrogen and oxygen atoms in total. The maximum absolute atomic E-state index is 11.4. The number of methoxy groups -OCH3 is 2. The van der Waals surface area contributed by atoms with Crippen LogP contribution >= 0.6 is 0 Å². The third-order valence-electron chi connectivity index (χ3n) is 0.371. The summed E-state index contributed by atoms with van der Waals surface area (Å²) in [6.07, 6.45) is 0. The minimum Gasteiger partial charge on any atom is -0.330 e. The Morgan fingerprint density at radius 2 is 1.67 bits per heavy atom. The maximum Gasteiger partial charge on any atom is 0.308 e. The summed E-state index contributed by atoms with van der Waals surface area (Å²) in [5, 5.41) is 0. The Labute approximate surface area is 35.9 Å². The molecule has 0 bridgehead atoms. The summed E-state index contributed by atoms with van der Waals surface area (Å²) in [7, 11) is 2.46. The fourth-order valence-electron chi connectivity index (χ4n) is 0.0962. The molecular formula is C3H7FO2. The Morgan fingerprint density at radius 3 is 1.67 bits per heavy atom. The summed E-state index contributed by atoms with van der Waals surface area (Å²) in [6.45, 7) is -1.56. The van der Waals surface area contributed by atoms with E-state index in [1.807, 2.05) is 0 Å². The average Bonchev–Trinajstić information content (AvgIpc) is 1.65. The molecule has 0 aliphatic rings. The van der Waals surface area contributed by atoms with Gasteiger partial charge >= 0.3 is 6.54 Å². The maximum atomic E-state index is 11.4. The van der Waals surface area contributed by atoms with Crippen molar-refractivity contribution in [2.24, 2.45) is 0 Å². The molecule has 0 aromatic carbocycles. The monoisotopic (exact) mass is 94.0 g/mol. The zero-order valence-corrected chi connectivity index (χ0v) is 3.77. The first-order valence-corrected chi connectivity index (χ1v) is 1.51. The van der Waals surface area contributed by atoms with E-state index < -0.39 is 6.54 Å². The van der Waals surface area contributed by atoms with E-state index in [1.54, 1.807) is 0 Å². The van der Waals surface area contributed by atoms with Crippen molar-refractivity contribution in [1.82, 2.24) is 0 Å². The molecule has 0 N–H and O–H groups in total. The van der Waals surface area contributed by atoms with Crippen molar-refractivity contribution < 1.29 is 13.9 Å². The van der Waals surface area contributed by atoms with Crippen LogP contribution in [-0.2, 0) is 9.47 Å². The zero-order chi connectivity index (χ0) is 4.99. The SMILES string of the molecule is COC(F)OC. The molecule has 6 heavy (non-hydrogen) atoms. The number of alkyl halides is 1. The quantitative estimate of drug-likeness (QED) is 0.465. The summed E-state index contributed by atoms with van der Waals surface area (Å²) in [5.41, 5.74) is 0. The van der Waals surface area contributed by atoms with Crippen LogP contribution in [0.1, 0.15) is 0 Å². The first-order chi connectivity index (χ1) is 2.81. The van der Waals surface area contributed by atoms with Crippen LogP contribution in [0.25, 0.3) is 0 Å². The fraction of sp³-hybridized carbons (Fsp3) is 1.00. The van der Waals surface area contributed by atoms with Crippen molar-refractivity contribution in [2.75, 3.05) is 14.2 Å². The van der Waals surface area contributed by atoms with E-state index in [4.69, 9.17) is 0 Å². The van der Waals surface area contributed by atoms with Gasteiger partial charge in [0.2, 0.25) is 0 Å². The van der Waals surface area contributed by atoms with Gasteiger partial charge in [0.1, 0.15) is 0 Å². The topological polar surface area (TPSA) is 18.5 Å². The third kappa shape index (κ3) is 2.11. The van der Waals surface area contributed by atoms with Gasteiger partial charge in [-0.25, -0.2) is 0 Å². The van der Waals surface area contributed by atoms with Gasteiger partial charge in [-0.2, -0.15) is 4.39 Å². The van der Waals surface area contributed by atoms with Gasteiger partial charge in [-0.3, -0.25) is 0 Å². The molecule has 0 fully saturated rings. The second kappa shape index (κ2) is 3.06. The zero-order valence-electron chi connectivity index (χ0n) is 3.77. The standard InChI is InChI=1S/C3H7FO2/c1-5-3(4)6-2/h3H,1-2H3. The van der Waals surface area contributed by atoms with Crippen LogP contribution in [0.4, 0.5) is 4.39 Å². The lowest BCUT2D eigenvalue weighted by Gasteiger charge is -1.98. The third-order valence-corrected chi connectivity index (χ3v) is 0.371. The molecule has 0 aliphatic heterocycles. The summed E-state index contributed by atoms with van der Waals surface area (Å²) >= 11 is 0. The van der Waals surface area contributed by atoms with Crippen LogP contribution in [-0.4, -0.2) is 20.8 Å². The number of rotatable bonds is 2. The lowest BCUT2D eigenvalue weighted by atomic mass is 11.3. The summed E-state index contributed by atoms with van der Waals surface area (Å²) < 4.78 is 19.4. The smallest absolute Gasteiger partial charge is 0.308 e. The number of ether oxygens (including phenoxy) is 2. The van der Waals surface area contributed by atoms with Crippen LogP contribution in [0.3, 0.4) is 0 Å². The molecule has 0 saturated heterocycles. The second-order valence-electron chi connectivity index (χ2n) is 0.746. The molecule has 0 atom stereocenters. The van der Waals surface area contributed by atoms with E-state index in [1.165, 1.54) is 14.2 Å². The van der Waals surface area contributed by atoms with Crippen LogP contribution < -0.4 is 0 Å². The van der Waals surface area contributed by atoms with E-state index in [9.17, 15) is 4.39 Å². The predicted octanol–water partition coefficient (Wildman–Crippen LogP) is 0.532. The second-order valence-corrected chi connectivity index (χ2v) is 0.746. The Balaban J connectivity index is 2.75. The summed E-state index contributed by atoms with van der Waals surface area (Å²) in [5.74, 6) is 0. The van der Waals surface area contributed by atoms with E-state index >= 15 is 0 Å². The minimum absolute atomic E-state index is 1.23. The lowest BCUT2D eigenvalue weighted by Crippen LogP contribution is -2.03. The highest BCUT2D eigenvalue weighted by Crippen LogP contribution is 1.87. The molecule has 0 heterocycles. The molecule has 0 amide bonds. The van der Waals surface area contributed by atoms with Gasteiger partial charge in [0.05, 0.1) is 0 Å². The van der Waals surface area contributed by atoms with E-state index in [0.717, 1.165) is 0 Å². The van der Waals surface area contributed by atoms with Gasteiger partial charge in [-0.15, -0.1) is 0 Å². The molecule has 3 heteroatoms. The molecule has 0 unspecified atom stereocenters. The van der Waals surface area contributed by atoms with Gasteiger partial charge in [-0.1, -0.05) is 0 Å². The van der Waals surface area contributed by atoms with Crippen molar-refractivity contribution in [1.29, 1.82) is 0 Å². The van der Waals surface area contributed by atoms with Crippen LogP contribution in [0.15, 0.2) is 0 Å². The van der Waals surface area contributed by atoms with Crippen molar-refractivity contribution in [3.05, 3.63) is 0 Å². The van der Waals surface area contributed by atoms with Gasteiger partial charge < -0.3 is 9.47 Å². The van der Waals surface area contributed by atoms with Gasteiger partial charge in [0.25, 0.3) is 0 Å². The number of hydrogen-bond donors (Lipinski definition) is 0. The van der Waals surface area contributed by atoms with Crippen molar-refractivity contribution in [3.63, 3.8) is 0 Å². The molecule has 0 aliphatic carbocycles. The van der Waals surface area contributed by atoms with Crippen molar-refractivity contribution >= 4 is 0 Å². The highest BCUT2D eigenvalue weighted by atomic mass is 19.2. The highest BCUT2D eigenvalue weighted by molar-refractivity contribution is 4.01. The van der Waals surface area contributed by atoms with E-state index in [2.05, 4.69) is 9.47 Å². The summed E-state index contributed by atoms with van der Waals surface area (Å²) in [4.78, 5) is 0. The van der Waals surface area contributed by atoms with Crippen molar-refractivity contribution in [3.8, 4) is 0 Å². The minimum atomic E-state index is -1.56. The van der Waals surface area contributed by atoms with Crippen LogP contribution in [0, 0.1) is 0 Å². The Bertz CT molecular complexity index is 28.0. The molecule has 0 spiro atoms. The lowest BCUT2D eigenvalue weighted by molar-refractivity contribution is -0.186. The molecule has 0 aromatic rings. The molecule has 0 rings (SSSR count). The van der Waals surface area contributed by atoms with Crippen LogP contribution in [0.2, 0.25) is 0 Å². The largest absolute Gasteiger partial charge is 0.330 e. The molecule has 0 radical (unpaired) electrons. The normalized spacial score (nSPS) is 10.0. The van der Waals surface area contributed by atoms with Gasteiger partial charge in [0, 0.05) is 14.2 Å². The Morgan fingerprint density at radius 1 is 1.33 bits per heavy atom. The average molecular weight is 94.1 g/mol. The van der Waals surface area contributed by atoms with Crippen molar-refractivity contribution in [2.45, 2.75) is 6.54 Å². The number of halogens is 1. The summed E-state index contributed by atoms with van der Waals surface area (Å²) in [6, 6.07) is 0. The van der Waals surface area contributed by atoms with Crippen LogP contribution in [0.5, 0.6) is 0 Å². The van der Waals surface area contributed by atoms with Gasteiger partial charge in [-0.05, 0) is 0 Å². The first-order valence-electron chi connectivity index (χ1n) is 1.51.